The summed E-state index contributed by atoms with van der Waals surface area (Å²) in [7, 11) is 0. The van der Waals surface area contributed by atoms with Gasteiger partial charge in [0.15, 0.2) is 0 Å². The molecule has 1 aliphatic heterocycles. The van der Waals surface area contributed by atoms with Crippen molar-refractivity contribution < 1.29 is 4.79 Å². The van der Waals surface area contributed by atoms with Crippen LogP contribution in [0.1, 0.15) is 33.6 Å². The highest BCUT2D eigenvalue weighted by Crippen LogP contribution is 2.19. The maximum absolute atomic E-state index is 11.1. The summed E-state index contributed by atoms with van der Waals surface area (Å²) < 4.78 is 0. The van der Waals surface area contributed by atoms with Crippen LogP contribution >= 0.6 is 0 Å². The van der Waals surface area contributed by atoms with E-state index in [0.717, 1.165) is 25.9 Å². The van der Waals surface area contributed by atoms with E-state index in [1.165, 1.54) is 6.08 Å². The molecule has 1 aliphatic rings. The molecule has 0 atom stereocenters. The minimum absolute atomic E-state index is 0.0517. The van der Waals surface area contributed by atoms with E-state index in [1.807, 2.05) is 0 Å². The summed E-state index contributed by atoms with van der Waals surface area (Å²) in [6.45, 7) is 12.3. The molecule has 1 heterocycles. The molecule has 1 saturated heterocycles. The lowest BCUT2D eigenvalue weighted by molar-refractivity contribution is -0.117. The number of piperidine rings is 1. The van der Waals surface area contributed by atoms with E-state index in [0.29, 0.717) is 6.04 Å². The van der Waals surface area contributed by atoms with Crippen LogP contribution in [0, 0.1) is 0 Å². The molecule has 0 radical (unpaired) electrons. The topological polar surface area (TPSA) is 32.3 Å². The summed E-state index contributed by atoms with van der Waals surface area (Å²) in [5, 5.41) is 2.96. The second kappa shape index (κ2) is 4.79. The van der Waals surface area contributed by atoms with Gasteiger partial charge in [0.1, 0.15) is 0 Å². The molecule has 15 heavy (non-hydrogen) atoms. The molecule has 3 nitrogen and oxygen atoms in total. The second-order valence-electron chi connectivity index (χ2n) is 5.14. The normalized spacial score (nSPS) is 19.9. The summed E-state index contributed by atoms with van der Waals surface area (Å²) in [6.07, 6.45) is 3.42. The number of likely N-dealkylation sites (tertiary alicyclic amines) is 1. The Balaban J connectivity index is 2.36. The van der Waals surface area contributed by atoms with Crippen LogP contribution in [0.4, 0.5) is 0 Å². The first kappa shape index (κ1) is 12.2. The summed E-state index contributed by atoms with van der Waals surface area (Å²) in [6, 6.07) is 0.328. The molecule has 0 bridgehead atoms. The zero-order valence-electron chi connectivity index (χ0n) is 10.0. The van der Waals surface area contributed by atoms with E-state index in [9.17, 15) is 4.79 Å². The molecule has 1 rings (SSSR count). The van der Waals surface area contributed by atoms with Gasteiger partial charge < -0.3 is 5.32 Å². The fraction of sp³-hybridized carbons (Fsp3) is 0.750. The summed E-state index contributed by atoms with van der Waals surface area (Å²) in [4.78, 5) is 13.6. The third-order valence-corrected chi connectivity index (χ3v) is 2.98. The Morgan fingerprint density at radius 2 is 1.93 bits per heavy atom. The number of hydrogen-bond donors (Lipinski definition) is 1. The first-order valence-electron chi connectivity index (χ1n) is 5.61. The molecule has 0 aromatic heterocycles. The van der Waals surface area contributed by atoms with Gasteiger partial charge in [-0.15, -0.1) is 0 Å². The summed E-state index contributed by atoms with van der Waals surface area (Å²) in [5.41, 5.74) is 0.243. The van der Waals surface area contributed by atoms with Crippen molar-refractivity contribution in [2.75, 3.05) is 13.1 Å². The predicted molar refractivity (Wildman–Crippen MR) is 62.7 cm³/mol. The average molecular weight is 210 g/mol. The Hall–Kier alpha value is -0.830. The van der Waals surface area contributed by atoms with Crippen LogP contribution in [0.5, 0.6) is 0 Å². The Morgan fingerprint density at radius 1 is 1.40 bits per heavy atom. The van der Waals surface area contributed by atoms with Crippen molar-refractivity contribution in [3.63, 3.8) is 0 Å². The van der Waals surface area contributed by atoms with Crippen molar-refractivity contribution in [3.8, 4) is 0 Å². The molecule has 1 amide bonds. The first-order chi connectivity index (χ1) is 6.93. The molecular weight excluding hydrogens is 188 g/mol. The van der Waals surface area contributed by atoms with E-state index in [2.05, 4.69) is 37.6 Å². The molecule has 3 heteroatoms. The minimum Gasteiger partial charge on any atom is -0.350 e. The quantitative estimate of drug-likeness (QED) is 0.701. The van der Waals surface area contributed by atoms with Gasteiger partial charge in [-0.05, 0) is 39.7 Å². The Kier molecular flexibility index (Phi) is 3.91. The average Bonchev–Trinajstić information content (AvgIpc) is 2.17. The SMILES string of the molecule is C=CC(=O)NC1CCN(C(C)(C)C)CC1. The summed E-state index contributed by atoms with van der Waals surface area (Å²) >= 11 is 0. The minimum atomic E-state index is -0.0517. The smallest absolute Gasteiger partial charge is 0.243 e. The molecule has 0 aromatic carbocycles. The van der Waals surface area contributed by atoms with E-state index in [4.69, 9.17) is 0 Å². The lowest BCUT2D eigenvalue weighted by Crippen LogP contribution is -2.50. The number of carbonyl (C=O) groups excluding carboxylic acids is 1. The highest BCUT2D eigenvalue weighted by Gasteiger charge is 2.27. The highest BCUT2D eigenvalue weighted by molar-refractivity contribution is 5.87. The molecule has 1 N–H and O–H groups in total. The number of nitrogens with one attached hydrogen (secondary N) is 1. The van der Waals surface area contributed by atoms with Gasteiger partial charge in [0.2, 0.25) is 5.91 Å². The molecule has 86 valence electrons. The number of carbonyl (C=O) groups is 1. The zero-order valence-corrected chi connectivity index (χ0v) is 10.0. The standard InChI is InChI=1S/C12H22N2O/c1-5-11(15)13-10-6-8-14(9-7-10)12(2,3)4/h5,10H,1,6-9H2,2-4H3,(H,13,15). The van der Waals surface area contributed by atoms with Gasteiger partial charge in [-0.2, -0.15) is 0 Å². The van der Waals surface area contributed by atoms with E-state index < -0.39 is 0 Å². The number of hydrogen-bond acceptors (Lipinski definition) is 2. The van der Waals surface area contributed by atoms with Gasteiger partial charge in [-0.3, -0.25) is 9.69 Å². The van der Waals surface area contributed by atoms with Gasteiger partial charge in [-0.1, -0.05) is 6.58 Å². The van der Waals surface area contributed by atoms with Crippen LogP contribution in [-0.2, 0) is 4.79 Å². The second-order valence-corrected chi connectivity index (χ2v) is 5.14. The molecular formula is C12H22N2O. The van der Waals surface area contributed by atoms with E-state index >= 15 is 0 Å². The van der Waals surface area contributed by atoms with Gasteiger partial charge in [0.25, 0.3) is 0 Å². The van der Waals surface area contributed by atoms with E-state index in [-0.39, 0.29) is 11.4 Å². The van der Waals surface area contributed by atoms with Gasteiger partial charge in [-0.25, -0.2) is 0 Å². The van der Waals surface area contributed by atoms with Crippen LogP contribution in [0.15, 0.2) is 12.7 Å². The Labute approximate surface area is 92.5 Å². The maximum atomic E-state index is 11.1. The van der Waals surface area contributed by atoms with Gasteiger partial charge in [0.05, 0.1) is 0 Å². The first-order valence-corrected chi connectivity index (χ1v) is 5.61. The van der Waals surface area contributed by atoms with Crippen LogP contribution in [0.2, 0.25) is 0 Å². The molecule has 0 saturated carbocycles. The van der Waals surface area contributed by atoms with Crippen LogP contribution in [0.3, 0.4) is 0 Å². The third-order valence-electron chi connectivity index (χ3n) is 2.98. The lowest BCUT2D eigenvalue weighted by Gasteiger charge is -2.40. The maximum Gasteiger partial charge on any atom is 0.243 e. The van der Waals surface area contributed by atoms with Crippen LogP contribution in [-0.4, -0.2) is 35.5 Å². The fourth-order valence-corrected chi connectivity index (χ4v) is 1.95. The van der Waals surface area contributed by atoms with Crippen molar-refractivity contribution in [1.29, 1.82) is 0 Å². The number of rotatable bonds is 2. The Morgan fingerprint density at radius 3 is 2.33 bits per heavy atom. The molecule has 0 aliphatic carbocycles. The summed E-state index contributed by atoms with van der Waals surface area (Å²) in [5.74, 6) is -0.0517. The third kappa shape index (κ3) is 3.67. The zero-order chi connectivity index (χ0) is 11.5. The van der Waals surface area contributed by atoms with Crippen LogP contribution < -0.4 is 5.32 Å². The lowest BCUT2D eigenvalue weighted by atomic mass is 9.98. The number of nitrogens with zero attached hydrogens (tertiary/aromatic N) is 1. The van der Waals surface area contributed by atoms with Crippen molar-refractivity contribution in [1.82, 2.24) is 10.2 Å². The monoisotopic (exact) mass is 210 g/mol. The number of amides is 1. The predicted octanol–water partition coefficient (Wildman–Crippen LogP) is 1.55. The molecule has 0 unspecified atom stereocenters. The Bertz CT molecular complexity index is 234. The molecule has 0 spiro atoms. The fourth-order valence-electron chi connectivity index (χ4n) is 1.95. The van der Waals surface area contributed by atoms with Crippen molar-refractivity contribution in [2.24, 2.45) is 0 Å². The van der Waals surface area contributed by atoms with E-state index in [1.54, 1.807) is 0 Å². The largest absolute Gasteiger partial charge is 0.350 e. The van der Waals surface area contributed by atoms with Crippen molar-refractivity contribution >= 4 is 5.91 Å². The molecule has 1 fully saturated rings. The van der Waals surface area contributed by atoms with Crippen molar-refractivity contribution in [2.45, 2.75) is 45.2 Å². The van der Waals surface area contributed by atoms with Gasteiger partial charge in [0, 0.05) is 24.7 Å². The van der Waals surface area contributed by atoms with Gasteiger partial charge >= 0.3 is 0 Å². The van der Waals surface area contributed by atoms with Crippen molar-refractivity contribution in [3.05, 3.63) is 12.7 Å². The van der Waals surface area contributed by atoms with Crippen LogP contribution in [0.25, 0.3) is 0 Å². The molecule has 0 aromatic rings. The highest BCUT2D eigenvalue weighted by atomic mass is 16.1.